The van der Waals surface area contributed by atoms with E-state index in [0.29, 0.717) is 11.0 Å². The molecule has 3 nitrogen and oxygen atoms in total. The van der Waals surface area contributed by atoms with Gasteiger partial charge < -0.3 is 9.80 Å². The molecule has 5 aliphatic rings. The molecule has 2 aliphatic carbocycles. The Balaban J connectivity index is 1.02. The Morgan fingerprint density at radius 2 is 1.00 bits per heavy atom. The van der Waals surface area contributed by atoms with E-state index in [1.807, 2.05) is 0 Å². The van der Waals surface area contributed by atoms with E-state index < -0.39 is 0 Å². The number of nitrogens with zero attached hydrogens (tertiary/aromatic N) is 3. The molecule has 2 saturated carbocycles. The molecule has 2 spiro atoms. The molecule has 0 aromatic rings. The number of hydrogen-bond acceptors (Lipinski definition) is 3. The van der Waals surface area contributed by atoms with Crippen molar-refractivity contribution in [2.45, 2.75) is 123 Å². The Labute approximate surface area is 199 Å². The summed E-state index contributed by atoms with van der Waals surface area (Å²) in [6, 6.07) is 1.78. The maximum Gasteiger partial charge on any atom is 0.0125 e. The summed E-state index contributed by atoms with van der Waals surface area (Å²) in [6.07, 6.45) is 14.8. The van der Waals surface area contributed by atoms with Gasteiger partial charge in [-0.2, -0.15) is 0 Å². The molecule has 0 aromatic heterocycles. The zero-order valence-electron chi connectivity index (χ0n) is 22.4. The molecule has 5 fully saturated rings. The lowest BCUT2D eigenvalue weighted by Crippen LogP contribution is -2.59. The first-order valence-electron chi connectivity index (χ1n) is 14.2. The van der Waals surface area contributed by atoms with E-state index in [-0.39, 0.29) is 0 Å². The van der Waals surface area contributed by atoms with Crippen LogP contribution in [-0.4, -0.2) is 71.6 Å². The van der Waals surface area contributed by atoms with Crippen molar-refractivity contribution >= 4 is 0 Å². The van der Waals surface area contributed by atoms with E-state index >= 15 is 0 Å². The summed E-state index contributed by atoms with van der Waals surface area (Å²) in [7, 11) is 0. The summed E-state index contributed by atoms with van der Waals surface area (Å²) in [6.45, 7) is 22.6. The summed E-state index contributed by atoms with van der Waals surface area (Å²) >= 11 is 0. The van der Waals surface area contributed by atoms with Gasteiger partial charge in [0.1, 0.15) is 0 Å². The fourth-order valence-corrected chi connectivity index (χ4v) is 8.24. The molecule has 0 aromatic carbocycles. The van der Waals surface area contributed by atoms with Crippen molar-refractivity contribution in [1.82, 2.24) is 14.7 Å². The van der Waals surface area contributed by atoms with Crippen molar-refractivity contribution in [3.05, 3.63) is 0 Å². The highest BCUT2D eigenvalue weighted by molar-refractivity contribution is 5.05. The van der Waals surface area contributed by atoms with Gasteiger partial charge in [0.2, 0.25) is 0 Å². The van der Waals surface area contributed by atoms with Crippen LogP contribution in [0.5, 0.6) is 0 Å². The Morgan fingerprint density at radius 3 is 1.44 bits per heavy atom. The Kier molecular flexibility index (Phi) is 6.07. The van der Waals surface area contributed by atoms with E-state index in [4.69, 9.17) is 0 Å². The van der Waals surface area contributed by atoms with Gasteiger partial charge in [-0.25, -0.2) is 0 Å². The van der Waals surface area contributed by atoms with Gasteiger partial charge in [-0.1, -0.05) is 20.8 Å². The molecule has 0 N–H and O–H groups in total. The van der Waals surface area contributed by atoms with Crippen molar-refractivity contribution in [2.24, 2.45) is 22.2 Å². The minimum absolute atomic E-state index is 0.346. The molecule has 0 unspecified atom stereocenters. The Hall–Kier alpha value is -0.120. The molecular weight excluding hydrogens is 390 g/mol. The van der Waals surface area contributed by atoms with Gasteiger partial charge in [0, 0.05) is 30.7 Å². The molecule has 32 heavy (non-hydrogen) atoms. The van der Waals surface area contributed by atoms with Gasteiger partial charge in [-0.3, -0.25) is 4.90 Å². The summed E-state index contributed by atoms with van der Waals surface area (Å²) in [5.41, 5.74) is 2.33. The average Bonchev–Trinajstić information content (AvgIpc) is 2.69. The van der Waals surface area contributed by atoms with Crippen LogP contribution >= 0.6 is 0 Å². The highest BCUT2D eigenvalue weighted by Crippen LogP contribution is 2.59. The van der Waals surface area contributed by atoms with Gasteiger partial charge in [0.25, 0.3) is 0 Å². The largest absolute Gasteiger partial charge is 0.300 e. The molecule has 0 amide bonds. The minimum atomic E-state index is 0.346. The zero-order valence-corrected chi connectivity index (χ0v) is 22.4. The van der Waals surface area contributed by atoms with Gasteiger partial charge >= 0.3 is 0 Å². The lowest BCUT2D eigenvalue weighted by Gasteiger charge is -2.60. The van der Waals surface area contributed by atoms with Crippen LogP contribution in [0.4, 0.5) is 0 Å². The van der Waals surface area contributed by atoms with Crippen molar-refractivity contribution in [1.29, 1.82) is 0 Å². The Bertz CT molecular complexity index is 631. The van der Waals surface area contributed by atoms with Crippen molar-refractivity contribution in [3.8, 4) is 0 Å². The third-order valence-electron chi connectivity index (χ3n) is 11.1. The molecule has 3 aliphatic heterocycles. The second kappa shape index (κ2) is 8.23. The predicted octanol–water partition coefficient (Wildman–Crippen LogP) is 6.03. The molecule has 0 bridgehead atoms. The number of hydrogen-bond donors (Lipinski definition) is 0. The van der Waals surface area contributed by atoms with Crippen molar-refractivity contribution in [2.75, 3.05) is 39.3 Å². The van der Waals surface area contributed by atoms with Crippen LogP contribution in [0.15, 0.2) is 0 Å². The van der Waals surface area contributed by atoms with E-state index in [2.05, 4.69) is 56.2 Å². The predicted molar refractivity (Wildman–Crippen MR) is 136 cm³/mol. The van der Waals surface area contributed by atoms with Gasteiger partial charge in [-0.05, 0) is 133 Å². The molecule has 5 rings (SSSR count). The van der Waals surface area contributed by atoms with Crippen LogP contribution in [0.3, 0.4) is 0 Å². The van der Waals surface area contributed by atoms with E-state index in [0.717, 1.165) is 28.8 Å². The fraction of sp³-hybridized carbons (Fsp3) is 1.00. The topological polar surface area (TPSA) is 9.72 Å². The van der Waals surface area contributed by atoms with E-state index in [1.54, 1.807) is 0 Å². The maximum absolute atomic E-state index is 2.91. The summed E-state index contributed by atoms with van der Waals surface area (Å²) in [5.74, 6) is 0.979. The van der Waals surface area contributed by atoms with Crippen LogP contribution < -0.4 is 0 Å². The van der Waals surface area contributed by atoms with Crippen molar-refractivity contribution in [3.63, 3.8) is 0 Å². The van der Waals surface area contributed by atoms with Crippen molar-refractivity contribution < 1.29 is 0 Å². The first-order chi connectivity index (χ1) is 15.0. The molecule has 184 valence electrons. The van der Waals surface area contributed by atoms with Crippen LogP contribution in [0, 0.1) is 22.2 Å². The van der Waals surface area contributed by atoms with Gasteiger partial charge in [0.05, 0.1) is 0 Å². The third-order valence-corrected chi connectivity index (χ3v) is 11.1. The molecule has 0 radical (unpaired) electrons. The standard InChI is InChI=1S/C29H53N3/c1-26(2,3)23-19-28(20-23)9-17-31(18-10-28)25-21-29(22-25)11-15-30(16-12-29)24-7-13-32(14-8-24)27(4,5)6/h23-25H,7-22H2,1-6H3. The highest BCUT2D eigenvalue weighted by Gasteiger charge is 2.53. The second-order valence-corrected chi connectivity index (χ2v) is 15.0. The first-order valence-corrected chi connectivity index (χ1v) is 14.2. The number of piperidine rings is 3. The summed E-state index contributed by atoms with van der Waals surface area (Å²) in [5, 5.41) is 0. The van der Waals surface area contributed by atoms with Crippen LogP contribution in [0.2, 0.25) is 0 Å². The monoisotopic (exact) mass is 443 g/mol. The normalized spacial score (nSPS) is 33.4. The molecule has 0 atom stereocenters. The molecule has 3 heteroatoms. The van der Waals surface area contributed by atoms with E-state index in [9.17, 15) is 0 Å². The summed E-state index contributed by atoms with van der Waals surface area (Å²) < 4.78 is 0. The summed E-state index contributed by atoms with van der Waals surface area (Å²) in [4.78, 5) is 8.49. The fourth-order valence-electron chi connectivity index (χ4n) is 8.24. The third kappa shape index (κ3) is 4.57. The number of likely N-dealkylation sites (tertiary alicyclic amines) is 3. The molecule has 3 heterocycles. The lowest BCUT2D eigenvalue weighted by molar-refractivity contribution is -0.0985. The highest BCUT2D eigenvalue weighted by atomic mass is 15.2. The van der Waals surface area contributed by atoms with Gasteiger partial charge in [0.15, 0.2) is 0 Å². The quantitative estimate of drug-likeness (QED) is 0.516. The maximum atomic E-state index is 2.91. The SMILES string of the molecule is CC(C)(C)C1CC2(CCN(C3CC4(CCN(C5CCN(C(C)(C)C)CC5)CC4)C3)CC2)C1. The van der Waals surface area contributed by atoms with E-state index in [1.165, 1.54) is 103 Å². The first kappa shape index (κ1) is 23.6. The lowest BCUT2D eigenvalue weighted by atomic mass is 9.51. The average molecular weight is 444 g/mol. The zero-order chi connectivity index (χ0) is 22.8. The van der Waals surface area contributed by atoms with Crippen LogP contribution in [0.1, 0.15) is 106 Å². The van der Waals surface area contributed by atoms with Crippen LogP contribution in [0.25, 0.3) is 0 Å². The Morgan fingerprint density at radius 1 is 0.562 bits per heavy atom. The van der Waals surface area contributed by atoms with Crippen LogP contribution in [-0.2, 0) is 0 Å². The minimum Gasteiger partial charge on any atom is -0.300 e. The molecule has 3 saturated heterocycles. The number of rotatable bonds is 2. The molecular formula is C29H53N3. The smallest absolute Gasteiger partial charge is 0.0125 e. The van der Waals surface area contributed by atoms with Gasteiger partial charge in [-0.15, -0.1) is 0 Å². The second-order valence-electron chi connectivity index (χ2n) is 15.0.